The molecule has 0 saturated heterocycles. The number of rotatable bonds is 3. The number of amidine groups is 1. The van der Waals surface area contributed by atoms with E-state index in [9.17, 15) is 18.0 Å². The van der Waals surface area contributed by atoms with E-state index in [1.807, 2.05) is 0 Å². The maximum absolute atomic E-state index is 13.6. The summed E-state index contributed by atoms with van der Waals surface area (Å²) < 4.78 is 40.9. The number of alkyl halides is 3. The van der Waals surface area contributed by atoms with Crippen LogP contribution in [-0.2, 0) is 4.79 Å². The summed E-state index contributed by atoms with van der Waals surface area (Å²) in [6.07, 6.45) is -3.81. The number of amides is 1. The Morgan fingerprint density at radius 1 is 1.12 bits per heavy atom. The van der Waals surface area contributed by atoms with Crippen LogP contribution in [0.25, 0.3) is 0 Å². The van der Waals surface area contributed by atoms with Gasteiger partial charge in [0.15, 0.2) is 0 Å². The second kappa shape index (κ2) is 5.79. The number of halogens is 4. The van der Waals surface area contributed by atoms with Crippen LogP contribution in [0.5, 0.6) is 0 Å². The molecule has 124 valence electrons. The molecule has 2 aromatic rings. The third-order valence-corrected chi connectivity index (χ3v) is 3.56. The minimum Gasteiger partial charge on any atom is -0.331 e. The van der Waals surface area contributed by atoms with Gasteiger partial charge in [0.2, 0.25) is 0 Å². The molecular weight excluding hydrogens is 345 g/mol. The average Bonchev–Trinajstić information content (AvgIpc) is 2.88. The lowest BCUT2D eigenvalue weighted by Crippen LogP contribution is -2.57. The van der Waals surface area contributed by atoms with Crippen molar-refractivity contribution < 1.29 is 18.0 Å². The van der Waals surface area contributed by atoms with E-state index < -0.39 is 17.7 Å². The van der Waals surface area contributed by atoms with E-state index in [0.717, 1.165) is 0 Å². The van der Waals surface area contributed by atoms with Crippen molar-refractivity contribution in [3.8, 4) is 0 Å². The van der Waals surface area contributed by atoms with Gasteiger partial charge >= 0.3 is 11.8 Å². The number of aliphatic imine (C=N–C) groups is 1. The first-order chi connectivity index (χ1) is 11.3. The Hall–Kier alpha value is -2.61. The van der Waals surface area contributed by atoms with Gasteiger partial charge in [0.1, 0.15) is 11.7 Å². The summed E-state index contributed by atoms with van der Waals surface area (Å²) >= 11 is 5.67. The maximum Gasteiger partial charge on any atom is 0.442 e. The summed E-state index contributed by atoms with van der Waals surface area (Å²) in [5.74, 6) is -1.67. The van der Waals surface area contributed by atoms with Crippen LogP contribution in [-0.4, -0.2) is 28.6 Å². The highest BCUT2D eigenvalue weighted by Gasteiger charge is 2.64. The zero-order valence-electron chi connectivity index (χ0n) is 11.9. The molecule has 1 amide bonds. The molecule has 2 heterocycles. The molecule has 0 bridgehead atoms. The summed E-state index contributed by atoms with van der Waals surface area (Å²) in [4.78, 5) is 19.5. The van der Waals surface area contributed by atoms with E-state index in [2.05, 4.69) is 20.6 Å². The molecule has 0 saturated carbocycles. The summed E-state index contributed by atoms with van der Waals surface area (Å²) in [7, 11) is 0. The molecule has 1 atom stereocenters. The van der Waals surface area contributed by atoms with E-state index >= 15 is 0 Å². The summed E-state index contributed by atoms with van der Waals surface area (Å²) in [5.41, 5.74) is -2.79. The van der Waals surface area contributed by atoms with Gasteiger partial charge < -0.3 is 10.6 Å². The highest BCUT2D eigenvalue weighted by molar-refractivity contribution is 6.30. The van der Waals surface area contributed by atoms with E-state index in [1.54, 1.807) is 30.3 Å². The second-order valence-corrected chi connectivity index (χ2v) is 5.41. The Morgan fingerprint density at radius 3 is 2.42 bits per heavy atom. The first-order valence-corrected chi connectivity index (χ1v) is 7.13. The van der Waals surface area contributed by atoms with Crippen molar-refractivity contribution in [2.75, 3.05) is 5.32 Å². The molecule has 1 aliphatic rings. The number of nitrogens with zero attached hydrogens (tertiary/aromatic N) is 2. The Balaban J connectivity index is 2.04. The predicted molar refractivity (Wildman–Crippen MR) is 82.8 cm³/mol. The van der Waals surface area contributed by atoms with Crippen molar-refractivity contribution in [1.29, 1.82) is 0 Å². The number of nitrogens with one attached hydrogen (secondary N) is 2. The Kier molecular flexibility index (Phi) is 3.92. The first-order valence-electron chi connectivity index (χ1n) is 6.75. The van der Waals surface area contributed by atoms with E-state index in [0.29, 0.717) is 5.56 Å². The molecule has 0 aliphatic carbocycles. The number of aromatic nitrogens is 1. The lowest BCUT2D eigenvalue weighted by atomic mass is 10.1. The lowest BCUT2D eigenvalue weighted by Gasteiger charge is -2.27. The van der Waals surface area contributed by atoms with Crippen LogP contribution in [0.4, 0.5) is 19.0 Å². The first kappa shape index (κ1) is 16.3. The number of benzene rings is 1. The van der Waals surface area contributed by atoms with Gasteiger partial charge in [0.25, 0.3) is 5.91 Å². The molecule has 1 aliphatic heterocycles. The molecular formula is C15H10ClF3N4O. The van der Waals surface area contributed by atoms with Crippen molar-refractivity contribution in [1.82, 2.24) is 10.3 Å². The van der Waals surface area contributed by atoms with Crippen molar-refractivity contribution in [3.05, 3.63) is 59.2 Å². The SMILES string of the molecule is O=C1NC(c2ccccc2)=N[C@]1(Nc1ccc(Cl)cn1)C(F)(F)F. The molecule has 5 nitrogen and oxygen atoms in total. The van der Waals surface area contributed by atoms with Gasteiger partial charge in [-0.25, -0.2) is 9.98 Å². The largest absolute Gasteiger partial charge is 0.442 e. The monoisotopic (exact) mass is 354 g/mol. The van der Waals surface area contributed by atoms with E-state index in [1.165, 1.54) is 18.3 Å². The van der Waals surface area contributed by atoms with Crippen LogP contribution in [0.15, 0.2) is 53.7 Å². The van der Waals surface area contributed by atoms with Crippen molar-refractivity contribution in [3.63, 3.8) is 0 Å². The Labute approximate surface area is 139 Å². The van der Waals surface area contributed by atoms with E-state index in [4.69, 9.17) is 11.6 Å². The lowest BCUT2D eigenvalue weighted by molar-refractivity contribution is -0.181. The molecule has 0 radical (unpaired) electrons. The number of pyridine rings is 1. The minimum absolute atomic E-state index is 0.167. The van der Waals surface area contributed by atoms with Gasteiger partial charge in [0, 0.05) is 11.8 Å². The number of hydrogen-bond acceptors (Lipinski definition) is 4. The van der Waals surface area contributed by atoms with Crippen LogP contribution in [0, 0.1) is 0 Å². The van der Waals surface area contributed by atoms with Crippen molar-refractivity contribution in [2.45, 2.75) is 11.8 Å². The predicted octanol–water partition coefficient (Wildman–Crippen LogP) is 2.98. The fourth-order valence-electron chi connectivity index (χ4n) is 2.16. The van der Waals surface area contributed by atoms with Crippen molar-refractivity contribution in [2.24, 2.45) is 4.99 Å². The van der Waals surface area contributed by atoms with Crippen LogP contribution >= 0.6 is 11.6 Å². The minimum atomic E-state index is -4.98. The van der Waals surface area contributed by atoms with Crippen LogP contribution < -0.4 is 10.6 Å². The fourth-order valence-corrected chi connectivity index (χ4v) is 2.27. The third kappa shape index (κ3) is 2.80. The van der Waals surface area contributed by atoms with Crippen molar-refractivity contribution >= 4 is 29.2 Å². The molecule has 1 aromatic heterocycles. The average molecular weight is 355 g/mol. The highest BCUT2D eigenvalue weighted by atomic mass is 35.5. The quantitative estimate of drug-likeness (QED) is 0.890. The van der Waals surface area contributed by atoms with E-state index in [-0.39, 0.29) is 16.7 Å². The molecule has 9 heteroatoms. The van der Waals surface area contributed by atoms with Gasteiger partial charge in [-0.3, -0.25) is 4.79 Å². The maximum atomic E-state index is 13.6. The van der Waals surface area contributed by atoms with Gasteiger partial charge in [-0.2, -0.15) is 13.2 Å². The van der Waals surface area contributed by atoms with Gasteiger partial charge in [-0.15, -0.1) is 0 Å². The molecule has 0 fully saturated rings. The molecule has 0 unspecified atom stereocenters. The summed E-state index contributed by atoms with van der Waals surface area (Å²) in [6.45, 7) is 0. The van der Waals surface area contributed by atoms with Gasteiger partial charge in [-0.1, -0.05) is 41.9 Å². The van der Waals surface area contributed by atoms with Gasteiger partial charge in [0.05, 0.1) is 5.02 Å². The Bertz CT molecular complexity index is 793. The molecule has 3 rings (SSSR count). The van der Waals surface area contributed by atoms with Crippen LogP contribution in [0.3, 0.4) is 0 Å². The molecule has 2 N–H and O–H groups in total. The topological polar surface area (TPSA) is 66.4 Å². The zero-order valence-corrected chi connectivity index (χ0v) is 12.7. The molecule has 24 heavy (non-hydrogen) atoms. The van der Waals surface area contributed by atoms with Crippen LogP contribution in [0.1, 0.15) is 5.56 Å². The Morgan fingerprint density at radius 2 is 1.83 bits per heavy atom. The number of anilines is 1. The third-order valence-electron chi connectivity index (χ3n) is 3.33. The zero-order chi connectivity index (χ0) is 17.4. The number of hydrogen-bond donors (Lipinski definition) is 2. The smallest absolute Gasteiger partial charge is 0.331 e. The molecule has 0 spiro atoms. The summed E-state index contributed by atoms with van der Waals surface area (Å²) in [5, 5.41) is 4.51. The van der Waals surface area contributed by atoms with Gasteiger partial charge in [-0.05, 0) is 12.1 Å². The van der Waals surface area contributed by atoms with Crippen LogP contribution in [0.2, 0.25) is 5.02 Å². The number of carbonyl (C=O) groups is 1. The normalized spacial score (nSPS) is 20.5. The standard InChI is InChI=1S/C15H10ClF3N4O/c16-10-6-7-11(20-8-10)22-14(15(17,18)19)13(24)21-12(23-14)9-4-2-1-3-5-9/h1-8H,(H,20,22)(H,21,23,24)/t14-/m0/s1. The fraction of sp³-hybridized carbons (Fsp3) is 0.133. The second-order valence-electron chi connectivity index (χ2n) is 4.98. The summed E-state index contributed by atoms with van der Waals surface area (Å²) in [6, 6.07) is 10.7. The molecule has 1 aromatic carbocycles. The highest BCUT2D eigenvalue weighted by Crippen LogP contribution is 2.37. The number of carbonyl (C=O) groups excluding carboxylic acids is 1.